The fourth-order valence-corrected chi connectivity index (χ4v) is 6.38. The van der Waals surface area contributed by atoms with Crippen molar-refractivity contribution >= 4 is 50.1 Å². The molecule has 2 N–H and O–H groups in total. The number of benzene rings is 2. The van der Waals surface area contributed by atoms with Gasteiger partial charge >= 0.3 is 8.80 Å². The van der Waals surface area contributed by atoms with E-state index >= 15 is 0 Å². The molecule has 0 radical (unpaired) electrons. The molecule has 0 aromatic heterocycles. The predicted molar refractivity (Wildman–Crippen MR) is 149 cm³/mol. The summed E-state index contributed by atoms with van der Waals surface area (Å²) in [5, 5.41) is 6.34. The smallest absolute Gasteiger partial charge is 0.385 e. The summed E-state index contributed by atoms with van der Waals surface area (Å²) < 4.78 is 18.1. The molecule has 182 valence electrons. The van der Waals surface area contributed by atoms with Crippen LogP contribution in [0.2, 0.25) is 5.54 Å². The summed E-state index contributed by atoms with van der Waals surface area (Å²) in [7, 11) is -2.72. The second-order valence-electron chi connectivity index (χ2n) is 7.34. The molecule has 2 rings (SSSR count). The Morgan fingerprint density at radius 3 is 2.12 bits per heavy atom. The summed E-state index contributed by atoms with van der Waals surface area (Å²) in [6, 6.07) is 16.0. The van der Waals surface area contributed by atoms with Crippen LogP contribution in [0.3, 0.4) is 0 Å². The van der Waals surface area contributed by atoms with Gasteiger partial charge in [0.05, 0.1) is 0 Å². The molecule has 1 unspecified atom stereocenters. The first-order valence-corrected chi connectivity index (χ1v) is 13.1. The van der Waals surface area contributed by atoms with E-state index in [0.29, 0.717) is 19.8 Å². The number of carbonyl (C=O) groups excluding carboxylic acids is 1. The predicted octanol–water partition coefficient (Wildman–Crippen LogP) is 6.34. The number of anilines is 2. The normalized spacial score (nSPS) is 11.9. The SMILES string of the molecule is C=CC(=O)Nc1ccc(-c2ccccc2NCCC(C)[Si](OCC)(OCC)OCC)cc1.I. The molecule has 2 aromatic carbocycles. The van der Waals surface area contributed by atoms with Gasteiger partial charge in [-0.25, -0.2) is 0 Å². The van der Waals surface area contributed by atoms with Gasteiger partial charge in [-0.2, -0.15) is 0 Å². The molecule has 0 fully saturated rings. The van der Waals surface area contributed by atoms with Gasteiger partial charge in [0.25, 0.3) is 0 Å². The molecular formula is C25H37IN2O4Si. The Kier molecular flexibility index (Phi) is 13.5. The third-order valence-corrected chi connectivity index (χ3v) is 8.68. The number of hydrogen-bond donors (Lipinski definition) is 2. The lowest BCUT2D eigenvalue weighted by atomic mass is 10.0. The summed E-state index contributed by atoms with van der Waals surface area (Å²) in [5.74, 6) is -0.222. The molecule has 0 heterocycles. The summed E-state index contributed by atoms with van der Waals surface area (Å²) in [6.45, 7) is 14.1. The van der Waals surface area contributed by atoms with Crippen molar-refractivity contribution < 1.29 is 18.1 Å². The highest BCUT2D eigenvalue weighted by Crippen LogP contribution is 2.31. The highest BCUT2D eigenvalue weighted by Gasteiger charge is 2.46. The monoisotopic (exact) mass is 584 g/mol. The zero-order valence-electron chi connectivity index (χ0n) is 20.1. The van der Waals surface area contributed by atoms with Crippen molar-refractivity contribution in [3.05, 3.63) is 61.2 Å². The van der Waals surface area contributed by atoms with Crippen molar-refractivity contribution in [1.82, 2.24) is 0 Å². The molecular weight excluding hydrogens is 547 g/mol. The van der Waals surface area contributed by atoms with E-state index in [-0.39, 0.29) is 35.4 Å². The van der Waals surface area contributed by atoms with Gasteiger partial charge in [0.1, 0.15) is 0 Å². The Balaban J connectivity index is 0.00000544. The molecule has 0 spiro atoms. The Morgan fingerprint density at radius 1 is 1.00 bits per heavy atom. The molecule has 6 nitrogen and oxygen atoms in total. The fraction of sp³-hybridized carbons (Fsp3) is 0.400. The van der Waals surface area contributed by atoms with Crippen molar-refractivity contribution in [2.24, 2.45) is 0 Å². The first-order chi connectivity index (χ1) is 15.5. The van der Waals surface area contributed by atoms with Crippen molar-refractivity contribution in [3.8, 4) is 11.1 Å². The molecule has 0 aliphatic carbocycles. The standard InChI is InChI=1S/C25H36N2O4Si.HI/c1-6-25(28)27-22-16-14-21(15-17-22)23-12-10-11-13-24(23)26-19-18-20(5)32(29-7-2,30-8-3)31-9-4;/h6,10-17,20,26H,1,7-9,18-19H2,2-5H3,(H,27,28);1H. The van der Waals surface area contributed by atoms with Gasteiger partial charge < -0.3 is 23.9 Å². The van der Waals surface area contributed by atoms with E-state index in [1.54, 1.807) is 0 Å². The van der Waals surface area contributed by atoms with Crippen molar-refractivity contribution in [2.75, 3.05) is 37.0 Å². The van der Waals surface area contributed by atoms with E-state index < -0.39 is 8.80 Å². The van der Waals surface area contributed by atoms with Crippen LogP contribution in [-0.4, -0.2) is 41.1 Å². The van der Waals surface area contributed by atoms with Crippen LogP contribution >= 0.6 is 24.0 Å². The first-order valence-electron chi connectivity index (χ1n) is 11.3. The molecule has 2 aromatic rings. The number of rotatable bonds is 14. The van der Waals surface area contributed by atoms with E-state index in [2.05, 4.69) is 36.3 Å². The average Bonchev–Trinajstić information content (AvgIpc) is 2.80. The second-order valence-corrected chi connectivity index (χ2v) is 10.4. The molecule has 0 saturated carbocycles. The Bertz CT molecular complexity index is 847. The van der Waals surface area contributed by atoms with Crippen LogP contribution in [0.4, 0.5) is 11.4 Å². The molecule has 8 heteroatoms. The van der Waals surface area contributed by atoms with Crippen LogP contribution in [0, 0.1) is 0 Å². The molecule has 0 saturated heterocycles. The van der Waals surface area contributed by atoms with E-state index in [9.17, 15) is 4.79 Å². The molecule has 0 aliphatic heterocycles. The van der Waals surface area contributed by atoms with E-state index in [1.165, 1.54) is 6.08 Å². The van der Waals surface area contributed by atoms with Crippen LogP contribution < -0.4 is 10.6 Å². The number of hydrogen-bond acceptors (Lipinski definition) is 5. The minimum atomic E-state index is -2.72. The summed E-state index contributed by atoms with van der Waals surface area (Å²) in [4.78, 5) is 11.5. The minimum Gasteiger partial charge on any atom is -0.385 e. The zero-order chi connectivity index (χ0) is 23.4. The lowest BCUT2D eigenvalue weighted by molar-refractivity contribution is -0.111. The van der Waals surface area contributed by atoms with Crippen LogP contribution in [0.15, 0.2) is 61.2 Å². The van der Waals surface area contributed by atoms with Gasteiger partial charge in [0.15, 0.2) is 0 Å². The fourth-order valence-electron chi connectivity index (χ4n) is 3.57. The highest BCUT2D eigenvalue weighted by atomic mass is 127. The zero-order valence-corrected chi connectivity index (χ0v) is 23.4. The highest BCUT2D eigenvalue weighted by molar-refractivity contribution is 14.0. The van der Waals surface area contributed by atoms with Crippen molar-refractivity contribution in [1.29, 1.82) is 0 Å². The number of amides is 1. The molecule has 1 amide bonds. The van der Waals surface area contributed by atoms with Gasteiger partial charge in [-0.15, -0.1) is 24.0 Å². The molecule has 1 atom stereocenters. The maximum Gasteiger partial charge on any atom is 0.503 e. The van der Waals surface area contributed by atoms with Gasteiger partial charge in [-0.05, 0) is 57.0 Å². The number of halogens is 1. The minimum absolute atomic E-state index is 0. The number of carbonyl (C=O) groups is 1. The molecule has 33 heavy (non-hydrogen) atoms. The van der Waals surface area contributed by atoms with Crippen LogP contribution in [0.5, 0.6) is 0 Å². The number of nitrogens with one attached hydrogen (secondary N) is 2. The van der Waals surface area contributed by atoms with E-state index in [4.69, 9.17) is 13.3 Å². The average molecular weight is 585 g/mol. The van der Waals surface area contributed by atoms with Crippen molar-refractivity contribution in [3.63, 3.8) is 0 Å². The molecule has 0 aliphatic rings. The Hall–Kier alpha value is -1.72. The second kappa shape index (κ2) is 15.2. The van der Waals surface area contributed by atoms with E-state index in [1.807, 2.05) is 57.2 Å². The maximum atomic E-state index is 11.5. The van der Waals surface area contributed by atoms with Gasteiger partial charge in [0, 0.05) is 48.8 Å². The topological polar surface area (TPSA) is 68.8 Å². The van der Waals surface area contributed by atoms with Gasteiger partial charge in [0.2, 0.25) is 5.91 Å². The third-order valence-electron chi connectivity index (χ3n) is 5.11. The van der Waals surface area contributed by atoms with Crippen molar-refractivity contribution in [2.45, 2.75) is 39.7 Å². The lowest BCUT2D eigenvalue weighted by Gasteiger charge is -2.33. The Labute approximate surface area is 216 Å². The largest absolute Gasteiger partial charge is 0.503 e. The van der Waals surface area contributed by atoms with E-state index in [0.717, 1.165) is 35.5 Å². The lowest BCUT2D eigenvalue weighted by Crippen LogP contribution is -2.50. The molecule has 0 bridgehead atoms. The van der Waals surface area contributed by atoms with Gasteiger partial charge in [-0.1, -0.05) is 43.8 Å². The van der Waals surface area contributed by atoms with Crippen LogP contribution in [0.25, 0.3) is 11.1 Å². The van der Waals surface area contributed by atoms with Crippen LogP contribution in [0.1, 0.15) is 34.1 Å². The maximum absolute atomic E-state index is 11.5. The first kappa shape index (κ1) is 29.3. The quantitative estimate of drug-likeness (QED) is 0.154. The summed E-state index contributed by atoms with van der Waals surface area (Å²) in [6.07, 6.45) is 2.13. The number of para-hydroxylation sites is 1. The third kappa shape index (κ3) is 8.53. The summed E-state index contributed by atoms with van der Waals surface area (Å²) in [5.41, 5.74) is 4.14. The van der Waals surface area contributed by atoms with Gasteiger partial charge in [-0.3, -0.25) is 4.79 Å². The summed E-state index contributed by atoms with van der Waals surface area (Å²) >= 11 is 0. The Morgan fingerprint density at radius 2 is 1.58 bits per heavy atom. The van der Waals surface area contributed by atoms with Crippen LogP contribution in [-0.2, 0) is 18.1 Å².